The van der Waals surface area contributed by atoms with Crippen molar-refractivity contribution in [1.29, 1.82) is 0 Å². The van der Waals surface area contributed by atoms with E-state index >= 15 is 0 Å². The molecule has 0 saturated heterocycles. The highest BCUT2D eigenvalue weighted by Crippen LogP contribution is 2.09. The number of halogens is 1. The van der Waals surface area contributed by atoms with E-state index in [-0.39, 0.29) is 5.82 Å². The van der Waals surface area contributed by atoms with Crippen LogP contribution in [0.25, 0.3) is 0 Å². The zero-order valence-corrected chi connectivity index (χ0v) is 10.2. The van der Waals surface area contributed by atoms with E-state index in [1.54, 1.807) is 19.1 Å². The van der Waals surface area contributed by atoms with Crippen LogP contribution in [-0.2, 0) is 11.3 Å². The summed E-state index contributed by atoms with van der Waals surface area (Å²) in [6.07, 6.45) is 1.37. The third-order valence-corrected chi connectivity index (χ3v) is 2.66. The van der Waals surface area contributed by atoms with Gasteiger partial charge in [0.2, 0.25) is 0 Å². The number of rotatable bonds is 6. The summed E-state index contributed by atoms with van der Waals surface area (Å²) in [5.74, 6) is -1.12. The normalized spacial score (nSPS) is 12.4. The van der Waals surface area contributed by atoms with Crippen molar-refractivity contribution in [3.05, 3.63) is 35.1 Å². The molecule has 17 heavy (non-hydrogen) atoms. The highest BCUT2D eigenvalue weighted by Gasteiger charge is 2.15. The van der Waals surface area contributed by atoms with Gasteiger partial charge in [0.1, 0.15) is 11.9 Å². The third kappa shape index (κ3) is 4.15. The zero-order valence-electron chi connectivity index (χ0n) is 10.2. The molecule has 0 aromatic heterocycles. The maximum absolute atomic E-state index is 13.3. The van der Waals surface area contributed by atoms with Gasteiger partial charge in [0.15, 0.2) is 0 Å². The Morgan fingerprint density at radius 2 is 2.24 bits per heavy atom. The highest BCUT2D eigenvalue weighted by molar-refractivity contribution is 5.73. The fraction of sp³-hybridized carbons (Fsp3) is 0.462. The average Bonchev–Trinajstić information content (AvgIpc) is 2.28. The molecule has 1 atom stereocenters. The van der Waals surface area contributed by atoms with Gasteiger partial charge >= 0.3 is 5.97 Å². The molecule has 0 aliphatic heterocycles. The van der Waals surface area contributed by atoms with Crippen LogP contribution in [0.3, 0.4) is 0 Å². The standard InChI is InChI=1S/C13H18FNO2/c1-3-4-12(13(16)17)15-8-10-6-5-9(2)11(14)7-10/h5-7,12,15H,3-4,8H2,1-2H3,(H,16,17). The molecule has 0 bridgehead atoms. The molecule has 3 nitrogen and oxygen atoms in total. The third-order valence-electron chi connectivity index (χ3n) is 2.66. The second-order valence-electron chi connectivity index (χ2n) is 4.14. The lowest BCUT2D eigenvalue weighted by molar-refractivity contribution is -0.139. The minimum absolute atomic E-state index is 0.258. The molecular formula is C13H18FNO2. The molecule has 0 saturated carbocycles. The average molecular weight is 239 g/mol. The fourth-order valence-corrected chi connectivity index (χ4v) is 1.59. The monoisotopic (exact) mass is 239 g/mol. The molecule has 0 aliphatic rings. The number of aliphatic carboxylic acids is 1. The fourth-order valence-electron chi connectivity index (χ4n) is 1.59. The van der Waals surface area contributed by atoms with Crippen molar-refractivity contribution in [2.75, 3.05) is 0 Å². The van der Waals surface area contributed by atoms with Gasteiger partial charge in [0.05, 0.1) is 0 Å². The van der Waals surface area contributed by atoms with Crippen LogP contribution in [0.4, 0.5) is 4.39 Å². The van der Waals surface area contributed by atoms with E-state index in [0.29, 0.717) is 18.5 Å². The molecular weight excluding hydrogens is 221 g/mol. The number of benzene rings is 1. The minimum Gasteiger partial charge on any atom is -0.480 e. The summed E-state index contributed by atoms with van der Waals surface area (Å²) in [6, 6.07) is 4.37. The van der Waals surface area contributed by atoms with Crippen molar-refractivity contribution < 1.29 is 14.3 Å². The molecule has 1 aromatic rings. The van der Waals surface area contributed by atoms with Crippen LogP contribution in [0.1, 0.15) is 30.9 Å². The van der Waals surface area contributed by atoms with Crippen LogP contribution in [0.2, 0.25) is 0 Å². The van der Waals surface area contributed by atoms with Gasteiger partial charge in [-0.05, 0) is 30.5 Å². The number of aryl methyl sites for hydroxylation is 1. The van der Waals surface area contributed by atoms with Crippen molar-refractivity contribution in [2.24, 2.45) is 0 Å². The van der Waals surface area contributed by atoms with E-state index in [0.717, 1.165) is 12.0 Å². The second-order valence-corrected chi connectivity index (χ2v) is 4.14. The zero-order chi connectivity index (χ0) is 12.8. The van der Waals surface area contributed by atoms with Gasteiger partial charge in [-0.1, -0.05) is 25.5 Å². The molecule has 0 radical (unpaired) electrons. The summed E-state index contributed by atoms with van der Waals surface area (Å²) >= 11 is 0. The van der Waals surface area contributed by atoms with E-state index in [1.165, 1.54) is 6.07 Å². The molecule has 0 fully saturated rings. The number of carboxylic acids is 1. The van der Waals surface area contributed by atoms with Crippen molar-refractivity contribution in [1.82, 2.24) is 5.32 Å². The highest BCUT2D eigenvalue weighted by atomic mass is 19.1. The van der Waals surface area contributed by atoms with Crippen LogP contribution < -0.4 is 5.32 Å². The van der Waals surface area contributed by atoms with Gasteiger partial charge in [0.25, 0.3) is 0 Å². The van der Waals surface area contributed by atoms with E-state index in [9.17, 15) is 9.18 Å². The van der Waals surface area contributed by atoms with Crippen LogP contribution >= 0.6 is 0 Å². The van der Waals surface area contributed by atoms with Crippen molar-refractivity contribution in [3.63, 3.8) is 0 Å². The van der Waals surface area contributed by atoms with Crippen LogP contribution in [-0.4, -0.2) is 17.1 Å². The number of nitrogens with one attached hydrogen (secondary N) is 1. The Hall–Kier alpha value is -1.42. The van der Waals surface area contributed by atoms with Crippen LogP contribution in [0, 0.1) is 12.7 Å². The smallest absolute Gasteiger partial charge is 0.320 e. The van der Waals surface area contributed by atoms with Gasteiger partial charge in [-0.3, -0.25) is 4.79 Å². The number of carboxylic acid groups (broad SMARTS) is 1. The summed E-state index contributed by atoms with van der Waals surface area (Å²) in [5.41, 5.74) is 1.35. The van der Waals surface area contributed by atoms with Crippen molar-refractivity contribution in [3.8, 4) is 0 Å². The van der Waals surface area contributed by atoms with E-state index in [4.69, 9.17) is 5.11 Å². The van der Waals surface area contributed by atoms with Gasteiger partial charge in [-0.2, -0.15) is 0 Å². The first-order valence-electron chi connectivity index (χ1n) is 5.75. The van der Waals surface area contributed by atoms with Crippen LogP contribution in [0.15, 0.2) is 18.2 Å². The number of hydrogen-bond acceptors (Lipinski definition) is 2. The number of hydrogen-bond donors (Lipinski definition) is 2. The molecule has 2 N–H and O–H groups in total. The Kier molecular flexibility index (Phi) is 5.10. The van der Waals surface area contributed by atoms with Gasteiger partial charge in [-0.15, -0.1) is 0 Å². The SMILES string of the molecule is CCCC(NCc1ccc(C)c(F)c1)C(=O)O. The summed E-state index contributed by atoms with van der Waals surface area (Å²) in [6.45, 7) is 4.00. The van der Waals surface area contributed by atoms with E-state index in [1.807, 2.05) is 6.92 Å². The van der Waals surface area contributed by atoms with E-state index < -0.39 is 12.0 Å². The minimum atomic E-state index is -0.862. The summed E-state index contributed by atoms with van der Waals surface area (Å²) in [4.78, 5) is 10.9. The maximum Gasteiger partial charge on any atom is 0.320 e. The maximum atomic E-state index is 13.3. The Balaban J connectivity index is 2.59. The molecule has 0 heterocycles. The Morgan fingerprint density at radius 1 is 1.53 bits per heavy atom. The molecule has 0 amide bonds. The summed E-state index contributed by atoms with van der Waals surface area (Å²) < 4.78 is 13.3. The first-order chi connectivity index (χ1) is 8.04. The largest absolute Gasteiger partial charge is 0.480 e. The summed E-state index contributed by atoms with van der Waals surface area (Å²) in [5, 5.41) is 11.9. The topological polar surface area (TPSA) is 49.3 Å². The van der Waals surface area contributed by atoms with Crippen LogP contribution in [0.5, 0.6) is 0 Å². The van der Waals surface area contributed by atoms with E-state index in [2.05, 4.69) is 5.32 Å². The summed E-state index contributed by atoms with van der Waals surface area (Å²) in [7, 11) is 0. The van der Waals surface area contributed by atoms with Gasteiger partial charge < -0.3 is 10.4 Å². The number of carbonyl (C=O) groups is 1. The predicted molar refractivity (Wildman–Crippen MR) is 64.3 cm³/mol. The van der Waals surface area contributed by atoms with Gasteiger partial charge in [-0.25, -0.2) is 4.39 Å². The van der Waals surface area contributed by atoms with Crippen molar-refractivity contribution in [2.45, 2.75) is 39.3 Å². The molecule has 0 aliphatic carbocycles. The molecule has 4 heteroatoms. The molecule has 0 spiro atoms. The first kappa shape index (κ1) is 13.6. The second kappa shape index (κ2) is 6.35. The van der Waals surface area contributed by atoms with Gasteiger partial charge in [0, 0.05) is 6.54 Å². The predicted octanol–water partition coefficient (Wildman–Crippen LogP) is 2.48. The molecule has 1 unspecified atom stereocenters. The Morgan fingerprint density at radius 3 is 2.76 bits per heavy atom. The lowest BCUT2D eigenvalue weighted by Gasteiger charge is -2.13. The first-order valence-corrected chi connectivity index (χ1v) is 5.75. The molecule has 1 rings (SSSR count). The lowest BCUT2D eigenvalue weighted by atomic mass is 10.1. The lowest BCUT2D eigenvalue weighted by Crippen LogP contribution is -2.36. The molecule has 1 aromatic carbocycles. The van der Waals surface area contributed by atoms with Crippen molar-refractivity contribution >= 4 is 5.97 Å². The quantitative estimate of drug-likeness (QED) is 0.801. The Labute approximate surface area is 101 Å². The molecule has 94 valence electrons. The Bertz CT molecular complexity index is 393.